The van der Waals surface area contributed by atoms with Crippen LogP contribution in [0.2, 0.25) is 0 Å². The van der Waals surface area contributed by atoms with Crippen molar-refractivity contribution in [3.05, 3.63) is 23.9 Å². The number of nitrogen functional groups attached to an aromatic ring is 1. The average Bonchev–Trinajstić information content (AvgIpc) is 2.16. The molecule has 4 nitrogen and oxygen atoms in total. The molecule has 0 amide bonds. The summed E-state index contributed by atoms with van der Waals surface area (Å²) < 4.78 is 0. The molecule has 0 aromatic carbocycles. The second-order valence-electron chi connectivity index (χ2n) is 2.54. The van der Waals surface area contributed by atoms with Crippen LogP contribution in [0, 0.1) is 0 Å². The number of hydrogen-bond acceptors (Lipinski definition) is 3. The smallest absolute Gasteiger partial charge is 0.134 e. The number of anilines is 1. The lowest BCUT2D eigenvalue weighted by atomic mass is 10.2. The fourth-order valence-corrected chi connectivity index (χ4v) is 1.08. The van der Waals surface area contributed by atoms with E-state index in [1.165, 1.54) is 0 Å². The molecule has 0 aliphatic heterocycles. The standard InChI is InChI=1S/C9H14N4/c1-3-12-9(11-2)7-5-4-6-13-8(7)10/h4-6H,3H2,1-2H3,(H2,10,13)(H,11,12). The van der Waals surface area contributed by atoms with Gasteiger partial charge in [-0.2, -0.15) is 0 Å². The van der Waals surface area contributed by atoms with E-state index in [0.717, 1.165) is 17.9 Å². The Bertz CT molecular complexity index is 306. The number of nitrogens with zero attached hydrogens (tertiary/aromatic N) is 2. The van der Waals surface area contributed by atoms with E-state index >= 15 is 0 Å². The number of pyridine rings is 1. The Kier molecular flexibility index (Phi) is 3.25. The van der Waals surface area contributed by atoms with Crippen molar-refractivity contribution in [3.63, 3.8) is 0 Å². The normalized spacial score (nSPS) is 11.4. The second-order valence-corrected chi connectivity index (χ2v) is 2.54. The van der Waals surface area contributed by atoms with E-state index in [1.54, 1.807) is 13.2 Å². The van der Waals surface area contributed by atoms with Gasteiger partial charge in [0.05, 0.1) is 5.56 Å². The van der Waals surface area contributed by atoms with Crippen molar-refractivity contribution in [1.82, 2.24) is 10.3 Å². The van der Waals surface area contributed by atoms with Gasteiger partial charge < -0.3 is 11.1 Å². The van der Waals surface area contributed by atoms with Crippen LogP contribution >= 0.6 is 0 Å². The monoisotopic (exact) mass is 178 g/mol. The molecule has 70 valence electrons. The van der Waals surface area contributed by atoms with Crippen molar-refractivity contribution in [1.29, 1.82) is 0 Å². The molecular formula is C9H14N4. The predicted molar refractivity (Wildman–Crippen MR) is 54.8 cm³/mol. The number of aromatic nitrogens is 1. The first-order valence-corrected chi connectivity index (χ1v) is 4.21. The van der Waals surface area contributed by atoms with Gasteiger partial charge in [0.2, 0.25) is 0 Å². The van der Waals surface area contributed by atoms with Crippen LogP contribution in [-0.4, -0.2) is 24.4 Å². The fourth-order valence-electron chi connectivity index (χ4n) is 1.08. The molecule has 0 aliphatic rings. The van der Waals surface area contributed by atoms with Gasteiger partial charge in [-0.15, -0.1) is 0 Å². The molecule has 0 radical (unpaired) electrons. The highest BCUT2D eigenvalue weighted by atomic mass is 15.0. The van der Waals surface area contributed by atoms with Gasteiger partial charge in [0.25, 0.3) is 0 Å². The molecule has 0 unspecified atom stereocenters. The van der Waals surface area contributed by atoms with E-state index in [0.29, 0.717) is 5.82 Å². The van der Waals surface area contributed by atoms with E-state index in [1.807, 2.05) is 19.1 Å². The van der Waals surface area contributed by atoms with Crippen molar-refractivity contribution in [3.8, 4) is 0 Å². The van der Waals surface area contributed by atoms with Crippen LogP contribution in [0.5, 0.6) is 0 Å². The summed E-state index contributed by atoms with van der Waals surface area (Å²) in [4.78, 5) is 8.08. The van der Waals surface area contributed by atoms with Gasteiger partial charge in [-0.1, -0.05) is 0 Å². The molecule has 1 rings (SSSR count). The van der Waals surface area contributed by atoms with Gasteiger partial charge >= 0.3 is 0 Å². The highest BCUT2D eigenvalue weighted by Gasteiger charge is 2.04. The van der Waals surface area contributed by atoms with Gasteiger partial charge in [-0.3, -0.25) is 4.99 Å². The lowest BCUT2D eigenvalue weighted by Crippen LogP contribution is -2.25. The van der Waals surface area contributed by atoms with Crippen molar-refractivity contribution in [2.75, 3.05) is 19.3 Å². The van der Waals surface area contributed by atoms with Gasteiger partial charge in [-0.25, -0.2) is 4.98 Å². The molecule has 0 spiro atoms. The summed E-state index contributed by atoms with van der Waals surface area (Å²) in [6, 6.07) is 3.74. The first kappa shape index (κ1) is 9.51. The second kappa shape index (κ2) is 4.45. The maximum Gasteiger partial charge on any atom is 0.134 e. The first-order valence-electron chi connectivity index (χ1n) is 4.21. The maximum absolute atomic E-state index is 5.70. The molecule has 0 saturated heterocycles. The van der Waals surface area contributed by atoms with Crippen LogP contribution in [-0.2, 0) is 0 Å². The number of hydrogen-bond donors (Lipinski definition) is 2. The van der Waals surface area contributed by atoms with Crippen LogP contribution in [0.1, 0.15) is 12.5 Å². The Labute approximate surface area is 77.9 Å². The van der Waals surface area contributed by atoms with Crippen LogP contribution in [0.15, 0.2) is 23.3 Å². The Morgan fingerprint density at radius 1 is 1.69 bits per heavy atom. The summed E-state index contributed by atoms with van der Waals surface area (Å²) in [5.74, 6) is 1.29. The molecule has 1 heterocycles. The molecule has 1 aromatic heterocycles. The number of nitrogens with two attached hydrogens (primary N) is 1. The molecule has 4 heteroatoms. The van der Waals surface area contributed by atoms with E-state index in [4.69, 9.17) is 5.73 Å². The third-order valence-corrected chi connectivity index (χ3v) is 1.66. The average molecular weight is 178 g/mol. The SMILES string of the molecule is CCNC(=NC)c1cccnc1N. The molecule has 0 aliphatic carbocycles. The first-order chi connectivity index (χ1) is 6.29. The number of amidine groups is 1. The van der Waals surface area contributed by atoms with Crippen LogP contribution in [0.4, 0.5) is 5.82 Å². The van der Waals surface area contributed by atoms with Crippen LogP contribution in [0.3, 0.4) is 0 Å². The molecule has 1 aromatic rings. The zero-order chi connectivity index (χ0) is 9.68. The number of nitrogens with one attached hydrogen (secondary N) is 1. The fraction of sp³-hybridized carbons (Fsp3) is 0.333. The van der Waals surface area contributed by atoms with Crippen molar-refractivity contribution < 1.29 is 0 Å². The molecular weight excluding hydrogens is 164 g/mol. The van der Waals surface area contributed by atoms with Gasteiger partial charge in [0.1, 0.15) is 11.7 Å². The molecule has 0 bridgehead atoms. The van der Waals surface area contributed by atoms with Gasteiger partial charge in [-0.05, 0) is 19.1 Å². The summed E-state index contributed by atoms with van der Waals surface area (Å²) in [7, 11) is 1.73. The van der Waals surface area contributed by atoms with E-state index in [2.05, 4.69) is 15.3 Å². The Morgan fingerprint density at radius 2 is 2.46 bits per heavy atom. The lowest BCUT2D eigenvalue weighted by Gasteiger charge is -2.08. The van der Waals surface area contributed by atoms with Gasteiger partial charge in [0.15, 0.2) is 0 Å². The third kappa shape index (κ3) is 2.18. The Morgan fingerprint density at radius 3 is 3.00 bits per heavy atom. The predicted octanol–water partition coefficient (Wildman–Crippen LogP) is 0.650. The molecule has 13 heavy (non-hydrogen) atoms. The largest absolute Gasteiger partial charge is 0.383 e. The summed E-state index contributed by atoms with van der Waals surface area (Å²) in [6.45, 7) is 2.83. The summed E-state index contributed by atoms with van der Waals surface area (Å²) in [6.07, 6.45) is 1.66. The molecule has 0 fully saturated rings. The zero-order valence-corrected chi connectivity index (χ0v) is 7.91. The number of rotatable bonds is 2. The Balaban J connectivity index is 2.99. The maximum atomic E-state index is 5.70. The number of aliphatic imine (C=N–C) groups is 1. The Hall–Kier alpha value is -1.58. The molecule has 3 N–H and O–H groups in total. The minimum absolute atomic E-state index is 0.504. The third-order valence-electron chi connectivity index (χ3n) is 1.66. The van der Waals surface area contributed by atoms with E-state index in [-0.39, 0.29) is 0 Å². The lowest BCUT2D eigenvalue weighted by molar-refractivity contribution is 0.961. The minimum Gasteiger partial charge on any atom is -0.383 e. The molecule has 0 saturated carbocycles. The highest BCUT2D eigenvalue weighted by molar-refractivity contribution is 6.02. The highest BCUT2D eigenvalue weighted by Crippen LogP contribution is 2.06. The topological polar surface area (TPSA) is 63.3 Å². The van der Waals surface area contributed by atoms with E-state index in [9.17, 15) is 0 Å². The quantitative estimate of drug-likeness (QED) is 0.516. The van der Waals surface area contributed by atoms with Crippen molar-refractivity contribution in [2.45, 2.75) is 6.92 Å². The van der Waals surface area contributed by atoms with Gasteiger partial charge in [0, 0.05) is 19.8 Å². The summed E-state index contributed by atoms with van der Waals surface area (Å²) >= 11 is 0. The van der Waals surface area contributed by atoms with Crippen LogP contribution in [0.25, 0.3) is 0 Å². The zero-order valence-electron chi connectivity index (χ0n) is 7.91. The van der Waals surface area contributed by atoms with Crippen molar-refractivity contribution >= 4 is 11.7 Å². The summed E-state index contributed by atoms with van der Waals surface area (Å²) in [5.41, 5.74) is 6.55. The molecule has 0 atom stereocenters. The van der Waals surface area contributed by atoms with E-state index < -0.39 is 0 Å². The minimum atomic E-state index is 0.504. The van der Waals surface area contributed by atoms with Crippen molar-refractivity contribution in [2.24, 2.45) is 4.99 Å². The summed E-state index contributed by atoms with van der Waals surface area (Å²) in [5, 5.41) is 3.12. The van der Waals surface area contributed by atoms with Crippen LogP contribution < -0.4 is 11.1 Å².